The zero-order valence-corrected chi connectivity index (χ0v) is 15.4. The Morgan fingerprint density at radius 2 is 2.00 bits per heavy atom. The zero-order chi connectivity index (χ0) is 17.6. The number of rotatable bonds is 5. The van der Waals surface area contributed by atoms with Gasteiger partial charge < -0.3 is 5.32 Å². The van der Waals surface area contributed by atoms with Gasteiger partial charge in [0.1, 0.15) is 0 Å². The average Bonchev–Trinajstić information content (AvgIpc) is 2.62. The van der Waals surface area contributed by atoms with Crippen molar-refractivity contribution in [1.82, 2.24) is 15.2 Å². The third-order valence-corrected chi connectivity index (χ3v) is 5.09. The lowest BCUT2D eigenvalue weighted by molar-refractivity contribution is 0.0935. The molecule has 2 aromatic rings. The molecule has 25 heavy (non-hydrogen) atoms. The van der Waals surface area contributed by atoms with Gasteiger partial charge in [-0.15, -0.1) is 0 Å². The Balaban J connectivity index is 1.44. The number of nitrogens with zero attached hydrogens (tertiary/aromatic N) is 2. The molecule has 0 atom stereocenters. The normalized spacial score (nSPS) is 15.9. The predicted molar refractivity (Wildman–Crippen MR) is 101 cm³/mol. The van der Waals surface area contributed by atoms with Crippen molar-refractivity contribution < 1.29 is 4.79 Å². The Kier molecular flexibility index (Phi) is 6.29. The number of piperidine rings is 1. The van der Waals surface area contributed by atoms with Crippen LogP contribution in [0.3, 0.4) is 0 Å². The van der Waals surface area contributed by atoms with Gasteiger partial charge in [-0.1, -0.05) is 29.3 Å². The molecule has 1 aliphatic rings. The number of hydrogen-bond donors (Lipinski definition) is 1. The minimum Gasteiger partial charge on any atom is -0.352 e. The first-order valence-corrected chi connectivity index (χ1v) is 9.23. The lowest BCUT2D eigenvalue weighted by Crippen LogP contribution is -2.38. The van der Waals surface area contributed by atoms with Crippen molar-refractivity contribution in [2.75, 3.05) is 19.6 Å². The van der Waals surface area contributed by atoms with Crippen LogP contribution in [0.5, 0.6) is 0 Å². The molecule has 3 rings (SSSR count). The fraction of sp³-hybridized carbons (Fsp3) is 0.368. The fourth-order valence-corrected chi connectivity index (χ4v) is 3.57. The molecule has 2 heterocycles. The molecule has 1 fully saturated rings. The van der Waals surface area contributed by atoms with E-state index in [1.54, 1.807) is 18.2 Å². The third-order valence-electron chi connectivity index (χ3n) is 4.55. The summed E-state index contributed by atoms with van der Waals surface area (Å²) in [5, 5.41) is 3.91. The van der Waals surface area contributed by atoms with Crippen LogP contribution < -0.4 is 5.32 Å². The van der Waals surface area contributed by atoms with Crippen LogP contribution in [0.15, 0.2) is 42.6 Å². The van der Waals surface area contributed by atoms with Gasteiger partial charge in [0.2, 0.25) is 0 Å². The number of nitrogens with one attached hydrogen (secondary N) is 1. The Morgan fingerprint density at radius 1 is 1.20 bits per heavy atom. The van der Waals surface area contributed by atoms with Crippen molar-refractivity contribution in [3.8, 4) is 0 Å². The van der Waals surface area contributed by atoms with E-state index < -0.39 is 0 Å². The van der Waals surface area contributed by atoms with Crippen LogP contribution in [-0.4, -0.2) is 35.4 Å². The van der Waals surface area contributed by atoms with Crippen LogP contribution in [-0.2, 0) is 6.54 Å². The molecule has 0 aliphatic carbocycles. The molecule has 1 aromatic heterocycles. The average molecular weight is 378 g/mol. The number of aromatic nitrogens is 1. The number of carbonyl (C=O) groups is 1. The highest BCUT2D eigenvalue weighted by Gasteiger charge is 2.20. The summed E-state index contributed by atoms with van der Waals surface area (Å²) in [6.07, 6.45) is 3.97. The van der Waals surface area contributed by atoms with E-state index in [1.807, 2.05) is 18.3 Å². The van der Waals surface area contributed by atoms with E-state index in [0.717, 1.165) is 38.2 Å². The predicted octanol–water partition coefficient (Wildman–Crippen LogP) is 4.03. The summed E-state index contributed by atoms with van der Waals surface area (Å²) in [7, 11) is 0. The summed E-state index contributed by atoms with van der Waals surface area (Å²) >= 11 is 12.0. The first-order valence-electron chi connectivity index (χ1n) is 8.47. The molecule has 1 aliphatic heterocycles. The van der Waals surface area contributed by atoms with E-state index in [1.165, 1.54) is 0 Å². The van der Waals surface area contributed by atoms with Gasteiger partial charge >= 0.3 is 0 Å². The fourth-order valence-electron chi connectivity index (χ4n) is 3.08. The molecule has 0 spiro atoms. The Morgan fingerprint density at radius 3 is 2.68 bits per heavy atom. The largest absolute Gasteiger partial charge is 0.352 e. The minimum atomic E-state index is -0.141. The molecular weight excluding hydrogens is 357 g/mol. The van der Waals surface area contributed by atoms with Gasteiger partial charge in [0, 0.05) is 24.3 Å². The maximum absolute atomic E-state index is 12.3. The lowest BCUT2D eigenvalue weighted by Gasteiger charge is -2.31. The van der Waals surface area contributed by atoms with Crippen LogP contribution in [0.4, 0.5) is 0 Å². The van der Waals surface area contributed by atoms with E-state index in [4.69, 9.17) is 23.2 Å². The van der Waals surface area contributed by atoms with E-state index >= 15 is 0 Å². The molecule has 1 N–H and O–H groups in total. The summed E-state index contributed by atoms with van der Waals surface area (Å²) in [6.45, 7) is 3.62. The molecule has 1 aromatic carbocycles. The van der Waals surface area contributed by atoms with Crippen LogP contribution in [0.1, 0.15) is 28.9 Å². The second-order valence-electron chi connectivity index (χ2n) is 6.37. The molecular formula is C19H21Cl2N3O. The van der Waals surface area contributed by atoms with E-state index in [2.05, 4.69) is 21.3 Å². The van der Waals surface area contributed by atoms with Crippen LogP contribution in [0.25, 0.3) is 0 Å². The maximum Gasteiger partial charge on any atom is 0.252 e. The molecule has 1 saturated heterocycles. The standard InChI is InChI=1S/C19H21Cl2N3O/c20-15-4-5-17(18(21)11-15)19(25)23-12-14-6-9-24(10-7-14)13-16-3-1-2-8-22-16/h1-5,8,11,14H,6-7,9-10,12-13H2,(H,23,25). The molecule has 0 bridgehead atoms. The summed E-state index contributed by atoms with van der Waals surface area (Å²) < 4.78 is 0. The number of benzene rings is 1. The Bertz CT molecular complexity index is 716. The van der Waals surface area contributed by atoms with Crippen molar-refractivity contribution in [2.24, 2.45) is 5.92 Å². The smallest absolute Gasteiger partial charge is 0.252 e. The first kappa shape index (κ1) is 18.2. The molecule has 132 valence electrons. The van der Waals surface area contributed by atoms with Crippen molar-refractivity contribution in [1.29, 1.82) is 0 Å². The highest BCUT2D eigenvalue weighted by atomic mass is 35.5. The van der Waals surface area contributed by atoms with Crippen LogP contribution >= 0.6 is 23.2 Å². The van der Waals surface area contributed by atoms with Gasteiger partial charge in [-0.3, -0.25) is 14.7 Å². The van der Waals surface area contributed by atoms with Gasteiger partial charge in [-0.25, -0.2) is 0 Å². The monoisotopic (exact) mass is 377 g/mol. The van der Waals surface area contributed by atoms with Crippen molar-refractivity contribution in [3.63, 3.8) is 0 Å². The van der Waals surface area contributed by atoms with Crippen LogP contribution in [0.2, 0.25) is 10.0 Å². The molecule has 4 nitrogen and oxygen atoms in total. The zero-order valence-electron chi connectivity index (χ0n) is 13.9. The van der Waals surface area contributed by atoms with Crippen molar-refractivity contribution in [2.45, 2.75) is 19.4 Å². The first-order chi connectivity index (χ1) is 12.1. The number of halogens is 2. The van der Waals surface area contributed by atoms with Gasteiger partial charge in [0.05, 0.1) is 16.3 Å². The highest BCUT2D eigenvalue weighted by molar-refractivity contribution is 6.36. The molecule has 0 unspecified atom stereocenters. The quantitative estimate of drug-likeness (QED) is 0.855. The Labute approximate surface area is 158 Å². The molecule has 0 saturated carbocycles. The van der Waals surface area contributed by atoms with Crippen molar-refractivity contribution in [3.05, 3.63) is 63.9 Å². The minimum absolute atomic E-state index is 0.141. The highest BCUT2D eigenvalue weighted by Crippen LogP contribution is 2.22. The Hall–Kier alpha value is -1.62. The summed E-state index contributed by atoms with van der Waals surface area (Å²) in [5.74, 6) is 0.354. The van der Waals surface area contributed by atoms with Gasteiger partial charge in [-0.2, -0.15) is 0 Å². The topological polar surface area (TPSA) is 45.2 Å². The van der Waals surface area contributed by atoms with E-state index in [0.29, 0.717) is 28.1 Å². The second-order valence-corrected chi connectivity index (χ2v) is 7.22. The molecule has 0 radical (unpaired) electrons. The van der Waals surface area contributed by atoms with Gasteiger partial charge in [-0.05, 0) is 62.2 Å². The second kappa shape index (κ2) is 8.65. The van der Waals surface area contributed by atoms with Gasteiger partial charge in [0.25, 0.3) is 5.91 Å². The van der Waals surface area contributed by atoms with Gasteiger partial charge in [0.15, 0.2) is 0 Å². The maximum atomic E-state index is 12.3. The number of amides is 1. The van der Waals surface area contributed by atoms with E-state index in [9.17, 15) is 4.79 Å². The van der Waals surface area contributed by atoms with Crippen molar-refractivity contribution >= 4 is 29.1 Å². The number of carbonyl (C=O) groups excluding carboxylic acids is 1. The number of pyridine rings is 1. The summed E-state index contributed by atoms with van der Waals surface area (Å²) in [4.78, 5) is 19.1. The molecule has 6 heteroatoms. The third kappa shape index (κ3) is 5.18. The number of likely N-dealkylation sites (tertiary alicyclic amines) is 1. The SMILES string of the molecule is O=C(NCC1CCN(Cc2ccccn2)CC1)c1ccc(Cl)cc1Cl. The lowest BCUT2D eigenvalue weighted by atomic mass is 9.96. The summed E-state index contributed by atoms with van der Waals surface area (Å²) in [6, 6.07) is 10.9. The molecule has 1 amide bonds. The van der Waals surface area contributed by atoms with E-state index in [-0.39, 0.29) is 5.91 Å². The summed E-state index contributed by atoms with van der Waals surface area (Å²) in [5.41, 5.74) is 1.57. The van der Waals surface area contributed by atoms with Crippen LogP contribution in [0, 0.1) is 5.92 Å². The number of hydrogen-bond acceptors (Lipinski definition) is 3.